The monoisotopic (exact) mass is 248 g/mol. The van der Waals surface area contributed by atoms with Crippen molar-refractivity contribution >= 4 is 25.7 Å². The van der Waals surface area contributed by atoms with E-state index in [0.29, 0.717) is 0 Å². The van der Waals surface area contributed by atoms with Crippen LogP contribution in [0.2, 0.25) is 0 Å². The van der Waals surface area contributed by atoms with E-state index in [1.807, 2.05) is 6.92 Å². The third-order valence-electron chi connectivity index (χ3n) is 1.78. The van der Waals surface area contributed by atoms with Gasteiger partial charge in [0.2, 0.25) is 0 Å². The number of aliphatic hydroxyl groups is 4. The molecule has 0 aliphatic rings. The fraction of sp³-hybridized carbons (Fsp3) is 1.00. The standard InChI is InChI=1S/C6H16O4P2.H3P/c1-6(11(2-7)3-8)12(4-9)5-10;/h6-10H,2-5H2,1H3;1H3. The van der Waals surface area contributed by atoms with Crippen molar-refractivity contribution in [2.24, 2.45) is 0 Å². The average Bonchev–Trinajstić information content (AvgIpc) is 2.09. The molecule has 7 heteroatoms. The van der Waals surface area contributed by atoms with Crippen molar-refractivity contribution < 1.29 is 20.4 Å². The van der Waals surface area contributed by atoms with Crippen molar-refractivity contribution in [3.05, 3.63) is 0 Å². The molecule has 0 aromatic heterocycles. The Labute approximate surface area is 84.5 Å². The molecular formula is C6H19O4P3. The summed E-state index contributed by atoms with van der Waals surface area (Å²) in [6.07, 6.45) is -0.144. The largest absolute Gasteiger partial charge is 0.392 e. The third-order valence-corrected chi connectivity index (χ3v) is 7.31. The number of rotatable bonds is 6. The van der Waals surface area contributed by atoms with Gasteiger partial charge in [-0.15, -0.1) is 0 Å². The summed E-state index contributed by atoms with van der Waals surface area (Å²) in [5.74, 6) is 0. The molecule has 0 aromatic carbocycles. The predicted octanol–water partition coefficient (Wildman–Crippen LogP) is 0.153. The van der Waals surface area contributed by atoms with Crippen molar-refractivity contribution in [2.75, 3.05) is 25.4 Å². The zero-order valence-electron chi connectivity index (χ0n) is 7.80. The summed E-state index contributed by atoms with van der Waals surface area (Å²) in [6.45, 7) is 1.86. The Kier molecular flexibility index (Phi) is 12.3. The van der Waals surface area contributed by atoms with E-state index in [1.165, 1.54) is 0 Å². The van der Waals surface area contributed by atoms with Gasteiger partial charge >= 0.3 is 0 Å². The van der Waals surface area contributed by atoms with E-state index in [1.54, 1.807) is 0 Å². The Morgan fingerprint density at radius 1 is 0.846 bits per heavy atom. The molecule has 0 saturated carbocycles. The summed E-state index contributed by atoms with van der Waals surface area (Å²) in [5.41, 5.74) is 0. The molecule has 4 N–H and O–H groups in total. The second-order valence-corrected chi connectivity index (χ2v) is 7.82. The number of aliphatic hydroxyl groups excluding tert-OH is 4. The van der Waals surface area contributed by atoms with Crippen LogP contribution in [0.3, 0.4) is 0 Å². The summed E-state index contributed by atoms with van der Waals surface area (Å²) in [6, 6.07) is 0. The maximum Gasteiger partial charge on any atom is 0.0652 e. The van der Waals surface area contributed by atoms with Crippen LogP contribution in [0.25, 0.3) is 0 Å². The van der Waals surface area contributed by atoms with Gasteiger partial charge in [0.15, 0.2) is 0 Å². The lowest BCUT2D eigenvalue weighted by molar-refractivity contribution is 0.338. The van der Waals surface area contributed by atoms with Gasteiger partial charge in [0.1, 0.15) is 0 Å². The first-order chi connectivity index (χ1) is 5.71. The van der Waals surface area contributed by atoms with Crippen molar-refractivity contribution in [3.8, 4) is 0 Å². The quantitative estimate of drug-likeness (QED) is 0.504. The summed E-state index contributed by atoms with van der Waals surface area (Å²) in [7, 11) is -1.70. The van der Waals surface area contributed by atoms with E-state index in [2.05, 4.69) is 0 Å². The lowest BCUT2D eigenvalue weighted by Gasteiger charge is -2.26. The van der Waals surface area contributed by atoms with Crippen LogP contribution in [-0.2, 0) is 0 Å². The molecule has 0 rings (SSSR count). The van der Waals surface area contributed by atoms with Gasteiger partial charge in [0.25, 0.3) is 0 Å². The van der Waals surface area contributed by atoms with Gasteiger partial charge in [-0.2, -0.15) is 9.90 Å². The molecule has 0 amide bonds. The molecule has 1 atom stereocenters. The van der Waals surface area contributed by atoms with E-state index in [4.69, 9.17) is 20.4 Å². The summed E-state index contributed by atoms with van der Waals surface area (Å²) < 4.78 is 0. The molecule has 0 radical (unpaired) electrons. The predicted molar refractivity (Wildman–Crippen MR) is 62.8 cm³/mol. The van der Waals surface area contributed by atoms with Crippen molar-refractivity contribution in [1.29, 1.82) is 0 Å². The Balaban J connectivity index is 0. The molecule has 0 saturated heterocycles. The maximum atomic E-state index is 8.85. The van der Waals surface area contributed by atoms with Gasteiger partial charge in [-0.05, 0) is 15.8 Å². The van der Waals surface area contributed by atoms with Crippen LogP contribution in [0, 0.1) is 0 Å². The fourth-order valence-electron chi connectivity index (χ4n) is 0.793. The van der Waals surface area contributed by atoms with Crippen LogP contribution in [0.1, 0.15) is 6.92 Å². The zero-order valence-corrected chi connectivity index (χ0v) is 11.0. The summed E-state index contributed by atoms with van der Waals surface area (Å²) in [4.78, 5) is 0. The van der Waals surface area contributed by atoms with Crippen LogP contribution in [0.15, 0.2) is 0 Å². The minimum Gasteiger partial charge on any atom is -0.392 e. The van der Waals surface area contributed by atoms with Gasteiger partial charge in [0.05, 0.1) is 25.4 Å². The molecule has 0 aliphatic carbocycles. The lowest BCUT2D eigenvalue weighted by Crippen LogP contribution is -2.07. The van der Waals surface area contributed by atoms with Gasteiger partial charge in [-0.3, -0.25) is 0 Å². The molecule has 0 heterocycles. The Hall–Kier alpha value is 1.13. The molecule has 0 bridgehead atoms. The average molecular weight is 248 g/mol. The number of hydrogen-bond acceptors (Lipinski definition) is 4. The summed E-state index contributed by atoms with van der Waals surface area (Å²) >= 11 is 0. The fourth-order valence-corrected chi connectivity index (χ4v) is 4.64. The van der Waals surface area contributed by atoms with Crippen molar-refractivity contribution in [2.45, 2.75) is 12.3 Å². The van der Waals surface area contributed by atoms with Gasteiger partial charge in [-0.25, -0.2) is 0 Å². The normalized spacial score (nSPS) is 11.1. The lowest BCUT2D eigenvalue weighted by atomic mass is 11.0. The van der Waals surface area contributed by atoms with E-state index in [-0.39, 0.29) is 40.7 Å². The molecule has 0 aliphatic heterocycles. The smallest absolute Gasteiger partial charge is 0.0652 e. The molecular weight excluding hydrogens is 229 g/mol. The van der Waals surface area contributed by atoms with Crippen LogP contribution >= 0.6 is 25.7 Å². The maximum absolute atomic E-state index is 8.85. The molecule has 13 heavy (non-hydrogen) atoms. The van der Waals surface area contributed by atoms with Crippen LogP contribution in [0.4, 0.5) is 0 Å². The molecule has 1 unspecified atom stereocenters. The van der Waals surface area contributed by atoms with E-state index >= 15 is 0 Å². The molecule has 0 aromatic rings. The SMILES string of the molecule is CC(P(CO)CO)P(CO)CO.P. The zero-order chi connectivity index (χ0) is 9.56. The highest BCUT2D eigenvalue weighted by Gasteiger charge is 2.22. The van der Waals surface area contributed by atoms with Crippen LogP contribution in [0.5, 0.6) is 0 Å². The second kappa shape index (κ2) is 9.68. The minimum absolute atomic E-state index is 0. The van der Waals surface area contributed by atoms with Gasteiger partial charge < -0.3 is 20.4 Å². The van der Waals surface area contributed by atoms with E-state index < -0.39 is 15.8 Å². The highest BCUT2D eigenvalue weighted by atomic mass is 31.2. The first-order valence-electron chi connectivity index (χ1n) is 3.62. The molecule has 4 nitrogen and oxygen atoms in total. The van der Waals surface area contributed by atoms with Crippen LogP contribution in [-0.4, -0.2) is 51.2 Å². The highest BCUT2D eigenvalue weighted by Crippen LogP contribution is 2.55. The Morgan fingerprint density at radius 3 is 1.23 bits per heavy atom. The second-order valence-electron chi connectivity index (χ2n) is 2.38. The minimum atomic E-state index is -0.849. The molecule has 0 spiro atoms. The molecule has 0 fully saturated rings. The van der Waals surface area contributed by atoms with Gasteiger partial charge in [-0.1, -0.05) is 6.92 Å². The topological polar surface area (TPSA) is 80.9 Å². The Bertz CT molecular complexity index is 96.1. The van der Waals surface area contributed by atoms with Crippen molar-refractivity contribution in [1.82, 2.24) is 0 Å². The van der Waals surface area contributed by atoms with Crippen LogP contribution < -0.4 is 0 Å². The Morgan fingerprint density at radius 2 is 1.08 bits per heavy atom. The third kappa shape index (κ3) is 5.54. The van der Waals surface area contributed by atoms with Crippen molar-refractivity contribution in [3.63, 3.8) is 0 Å². The molecule has 82 valence electrons. The first-order valence-corrected chi connectivity index (χ1v) is 7.19. The number of hydrogen-bond donors (Lipinski definition) is 4. The highest BCUT2D eigenvalue weighted by molar-refractivity contribution is 7.75. The first kappa shape index (κ1) is 16.6. The van der Waals surface area contributed by atoms with E-state index in [9.17, 15) is 0 Å². The summed E-state index contributed by atoms with van der Waals surface area (Å²) in [5, 5.41) is 35.5. The van der Waals surface area contributed by atoms with E-state index in [0.717, 1.165) is 0 Å². The van der Waals surface area contributed by atoms with Gasteiger partial charge in [0, 0.05) is 5.40 Å².